The van der Waals surface area contributed by atoms with Gasteiger partial charge in [-0.1, -0.05) is 23.7 Å². The van der Waals surface area contributed by atoms with E-state index in [0.29, 0.717) is 16.5 Å². The first-order valence-corrected chi connectivity index (χ1v) is 6.86. The van der Waals surface area contributed by atoms with Crippen molar-refractivity contribution < 1.29 is 0 Å². The molecule has 3 rings (SSSR count). The number of nitrogens with one attached hydrogen (secondary N) is 1. The minimum absolute atomic E-state index is 0.169. The summed E-state index contributed by atoms with van der Waals surface area (Å²) in [5, 5.41) is 9.06. The van der Waals surface area contributed by atoms with Gasteiger partial charge in [-0.25, -0.2) is 4.68 Å². The maximum atomic E-state index is 6.20. The van der Waals surface area contributed by atoms with Gasteiger partial charge in [0.1, 0.15) is 5.82 Å². The molecule has 0 saturated heterocycles. The third-order valence-electron chi connectivity index (χ3n) is 2.83. The summed E-state index contributed by atoms with van der Waals surface area (Å²) < 4.78 is 1.66. The monoisotopic (exact) mass is 307 g/mol. The molecule has 2 heterocycles. The van der Waals surface area contributed by atoms with E-state index < -0.39 is 0 Å². The van der Waals surface area contributed by atoms with E-state index in [1.54, 1.807) is 16.9 Å². The molecule has 1 N–H and O–H groups in total. The third-order valence-corrected chi connectivity index (χ3v) is 3.31. The quantitative estimate of drug-likeness (QED) is 0.752. The van der Waals surface area contributed by atoms with Crippen LogP contribution in [0.25, 0.3) is 16.7 Å². The van der Waals surface area contributed by atoms with Crippen LogP contribution >= 0.6 is 23.2 Å². The Balaban J connectivity index is 2.26. The second-order valence-electron chi connectivity index (χ2n) is 4.12. The molecule has 0 aliphatic carbocycles. The van der Waals surface area contributed by atoms with Crippen LogP contribution in [-0.4, -0.2) is 26.3 Å². The first-order chi connectivity index (χ1) is 9.70. The number of anilines is 1. The number of fused-ring (bicyclic) bond motifs is 1. The topological polar surface area (TPSA) is 55.6 Å². The van der Waals surface area contributed by atoms with Gasteiger partial charge in [0, 0.05) is 6.54 Å². The summed E-state index contributed by atoms with van der Waals surface area (Å²) in [7, 11) is 0. The van der Waals surface area contributed by atoms with Gasteiger partial charge < -0.3 is 5.32 Å². The number of nitrogens with zero attached hydrogens (tertiary/aromatic N) is 4. The maximum Gasteiger partial charge on any atom is 0.226 e. The fourth-order valence-electron chi connectivity index (χ4n) is 1.98. The summed E-state index contributed by atoms with van der Waals surface area (Å²) in [5.41, 5.74) is 1.37. The lowest BCUT2D eigenvalue weighted by molar-refractivity contribution is 0.895. The van der Waals surface area contributed by atoms with Crippen LogP contribution in [0.3, 0.4) is 0 Å². The van der Waals surface area contributed by atoms with E-state index >= 15 is 0 Å². The number of para-hydroxylation sites is 1. The molecule has 0 unspecified atom stereocenters. The second kappa shape index (κ2) is 5.26. The molecule has 0 aliphatic heterocycles. The van der Waals surface area contributed by atoms with Gasteiger partial charge in [-0.2, -0.15) is 15.1 Å². The summed E-state index contributed by atoms with van der Waals surface area (Å²) in [6.07, 6.45) is 1.70. The molecule has 1 aromatic carbocycles. The van der Waals surface area contributed by atoms with Crippen LogP contribution in [0.5, 0.6) is 0 Å². The molecule has 2 aromatic heterocycles. The minimum Gasteiger partial charge on any atom is -0.370 e. The number of aromatic nitrogens is 4. The van der Waals surface area contributed by atoms with Crippen LogP contribution in [0.1, 0.15) is 6.92 Å². The van der Waals surface area contributed by atoms with Crippen LogP contribution < -0.4 is 5.32 Å². The van der Waals surface area contributed by atoms with E-state index in [-0.39, 0.29) is 5.28 Å². The van der Waals surface area contributed by atoms with Crippen LogP contribution in [0.4, 0.5) is 5.82 Å². The molecule has 0 bridgehead atoms. The second-order valence-corrected chi connectivity index (χ2v) is 4.86. The summed E-state index contributed by atoms with van der Waals surface area (Å²) in [5.74, 6) is 0.667. The van der Waals surface area contributed by atoms with Crippen molar-refractivity contribution in [3.63, 3.8) is 0 Å². The Hall–Kier alpha value is -1.85. The van der Waals surface area contributed by atoms with Crippen molar-refractivity contribution in [2.75, 3.05) is 11.9 Å². The maximum absolute atomic E-state index is 6.20. The predicted molar refractivity (Wildman–Crippen MR) is 80.8 cm³/mol. The van der Waals surface area contributed by atoms with Gasteiger partial charge in [0.05, 0.1) is 22.3 Å². The highest BCUT2D eigenvalue weighted by Gasteiger charge is 2.14. The Bertz CT molecular complexity index is 769. The van der Waals surface area contributed by atoms with Crippen molar-refractivity contribution >= 4 is 40.1 Å². The van der Waals surface area contributed by atoms with Crippen LogP contribution in [0.2, 0.25) is 10.3 Å². The van der Waals surface area contributed by atoms with E-state index in [9.17, 15) is 0 Å². The van der Waals surface area contributed by atoms with Crippen molar-refractivity contribution in [2.45, 2.75) is 6.92 Å². The van der Waals surface area contributed by atoms with Crippen LogP contribution in [-0.2, 0) is 0 Å². The molecule has 0 fully saturated rings. The van der Waals surface area contributed by atoms with Gasteiger partial charge in [-0.05, 0) is 30.7 Å². The number of hydrogen-bond acceptors (Lipinski definition) is 4. The van der Waals surface area contributed by atoms with Gasteiger partial charge in [-0.3, -0.25) is 0 Å². The Morgan fingerprint density at radius 1 is 1.20 bits per heavy atom. The average Bonchev–Trinajstić information content (AvgIpc) is 2.83. The SMILES string of the molecule is CCNc1nc(Cl)nc2c1cnn2-c1ccccc1Cl. The summed E-state index contributed by atoms with van der Waals surface area (Å²) >= 11 is 12.2. The molecule has 0 aliphatic rings. The zero-order valence-electron chi connectivity index (χ0n) is 10.6. The van der Waals surface area contributed by atoms with Gasteiger partial charge in [0.2, 0.25) is 5.28 Å². The summed E-state index contributed by atoms with van der Waals surface area (Å²) in [6.45, 7) is 2.72. The number of benzene rings is 1. The highest BCUT2D eigenvalue weighted by atomic mass is 35.5. The van der Waals surface area contributed by atoms with Crippen molar-refractivity contribution in [1.29, 1.82) is 0 Å². The molecule has 0 atom stereocenters. The third kappa shape index (κ3) is 2.19. The lowest BCUT2D eigenvalue weighted by atomic mass is 10.3. The number of hydrogen-bond donors (Lipinski definition) is 1. The smallest absolute Gasteiger partial charge is 0.226 e. The van der Waals surface area contributed by atoms with Gasteiger partial charge in [-0.15, -0.1) is 0 Å². The highest BCUT2D eigenvalue weighted by molar-refractivity contribution is 6.32. The molecule has 0 radical (unpaired) electrons. The van der Waals surface area contributed by atoms with Gasteiger partial charge in [0.25, 0.3) is 0 Å². The van der Waals surface area contributed by atoms with E-state index in [4.69, 9.17) is 23.2 Å². The molecule has 20 heavy (non-hydrogen) atoms. The molecule has 102 valence electrons. The first kappa shape index (κ1) is 13.1. The standard InChI is InChI=1S/C13H11Cl2N5/c1-2-16-11-8-7-17-20(12(8)19-13(15)18-11)10-6-4-3-5-9(10)14/h3-7H,2H2,1H3,(H,16,18,19). The van der Waals surface area contributed by atoms with Crippen molar-refractivity contribution in [2.24, 2.45) is 0 Å². The zero-order valence-corrected chi connectivity index (χ0v) is 12.2. The summed E-state index contributed by atoms with van der Waals surface area (Å²) in [4.78, 5) is 8.43. The molecule has 0 spiro atoms. The first-order valence-electron chi connectivity index (χ1n) is 6.10. The van der Waals surface area contributed by atoms with Crippen molar-refractivity contribution in [3.05, 3.63) is 40.8 Å². The average molecular weight is 308 g/mol. The molecular formula is C13H11Cl2N5. The molecule has 0 amide bonds. The van der Waals surface area contributed by atoms with Crippen LogP contribution in [0, 0.1) is 0 Å². The van der Waals surface area contributed by atoms with Gasteiger partial charge >= 0.3 is 0 Å². The largest absolute Gasteiger partial charge is 0.370 e. The van der Waals surface area contributed by atoms with E-state index in [0.717, 1.165) is 17.6 Å². The number of rotatable bonds is 3. The van der Waals surface area contributed by atoms with E-state index in [1.807, 2.05) is 25.1 Å². The minimum atomic E-state index is 0.169. The summed E-state index contributed by atoms with van der Waals surface area (Å²) in [6, 6.07) is 7.43. The van der Waals surface area contributed by atoms with Crippen molar-refractivity contribution in [1.82, 2.24) is 19.7 Å². The fourth-order valence-corrected chi connectivity index (χ4v) is 2.36. The molecule has 0 saturated carbocycles. The Labute approximate surface area is 125 Å². The molecular weight excluding hydrogens is 297 g/mol. The lowest BCUT2D eigenvalue weighted by Gasteiger charge is -2.07. The van der Waals surface area contributed by atoms with Crippen LogP contribution in [0.15, 0.2) is 30.5 Å². The van der Waals surface area contributed by atoms with Gasteiger partial charge in [0.15, 0.2) is 5.65 Å². The van der Waals surface area contributed by atoms with E-state index in [2.05, 4.69) is 20.4 Å². The Morgan fingerprint density at radius 3 is 2.75 bits per heavy atom. The molecule has 7 heteroatoms. The highest BCUT2D eigenvalue weighted by Crippen LogP contribution is 2.27. The Morgan fingerprint density at radius 2 is 2.00 bits per heavy atom. The fraction of sp³-hybridized carbons (Fsp3) is 0.154. The zero-order chi connectivity index (χ0) is 14.1. The molecule has 5 nitrogen and oxygen atoms in total. The van der Waals surface area contributed by atoms with Crippen molar-refractivity contribution in [3.8, 4) is 5.69 Å². The predicted octanol–water partition coefficient (Wildman–Crippen LogP) is 3.55. The normalized spacial score (nSPS) is 10.9. The lowest BCUT2D eigenvalue weighted by Crippen LogP contribution is -2.03. The Kier molecular flexibility index (Phi) is 3.46. The molecule has 3 aromatic rings. The number of halogens is 2. The van der Waals surface area contributed by atoms with E-state index in [1.165, 1.54) is 0 Å².